The predicted octanol–water partition coefficient (Wildman–Crippen LogP) is 3.58. The van der Waals surface area contributed by atoms with Crippen molar-refractivity contribution in [2.45, 2.75) is 70.9 Å². The highest BCUT2D eigenvalue weighted by Crippen LogP contribution is 2.35. The molecule has 1 saturated carbocycles. The Bertz CT molecular complexity index is 276. The summed E-state index contributed by atoms with van der Waals surface area (Å²) in [5.41, 5.74) is -0.375. The zero-order chi connectivity index (χ0) is 12.5. The number of carbonyl (C=O) groups is 1. The van der Waals surface area contributed by atoms with Gasteiger partial charge in [-0.2, -0.15) is 0 Å². The van der Waals surface area contributed by atoms with Gasteiger partial charge in [0, 0.05) is 12.6 Å². The van der Waals surface area contributed by atoms with E-state index in [1.165, 1.54) is 32.1 Å². The Labute approximate surface area is 105 Å². The van der Waals surface area contributed by atoms with Gasteiger partial charge in [-0.1, -0.05) is 12.8 Å². The Morgan fingerprint density at radius 3 is 2.35 bits per heavy atom. The van der Waals surface area contributed by atoms with Crippen molar-refractivity contribution in [2.24, 2.45) is 5.92 Å². The summed E-state index contributed by atoms with van der Waals surface area (Å²) < 4.78 is 5.50. The van der Waals surface area contributed by atoms with Crippen LogP contribution in [-0.2, 0) is 4.74 Å². The van der Waals surface area contributed by atoms with Gasteiger partial charge < -0.3 is 9.64 Å². The van der Waals surface area contributed by atoms with E-state index in [0.29, 0.717) is 6.04 Å². The standard InChI is InChI=1S/C14H25NO2/c1-14(2,3)17-13(16)15-10-6-9-12(15)11-7-4-5-8-11/h11-12H,4-10H2,1-3H3/t12-/m1/s1. The van der Waals surface area contributed by atoms with E-state index in [4.69, 9.17) is 4.74 Å². The quantitative estimate of drug-likeness (QED) is 0.700. The van der Waals surface area contributed by atoms with E-state index in [1.807, 2.05) is 25.7 Å². The van der Waals surface area contributed by atoms with Crippen molar-refractivity contribution in [1.82, 2.24) is 4.90 Å². The van der Waals surface area contributed by atoms with E-state index >= 15 is 0 Å². The average Bonchev–Trinajstić information content (AvgIpc) is 2.85. The zero-order valence-corrected chi connectivity index (χ0v) is 11.4. The number of likely N-dealkylation sites (tertiary alicyclic amines) is 1. The number of nitrogens with zero attached hydrogens (tertiary/aromatic N) is 1. The molecule has 2 rings (SSSR count). The lowest BCUT2D eigenvalue weighted by Crippen LogP contribution is -2.42. The molecule has 3 heteroatoms. The summed E-state index contributed by atoms with van der Waals surface area (Å²) in [5.74, 6) is 0.727. The largest absolute Gasteiger partial charge is 0.444 e. The Balaban J connectivity index is 1.96. The molecule has 1 saturated heterocycles. The Morgan fingerprint density at radius 2 is 1.76 bits per heavy atom. The molecule has 0 aromatic rings. The van der Waals surface area contributed by atoms with Gasteiger partial charge in [0.2, 0.25) is 0 Å². The molecule has 2 aliphatic rings. The predicted molar refractivity (Wildman–Crippen MR) is 67.9 cm³/mol. The first-order valence-corrected chi connectivity index (χ1v) is 6.97. The van der Waals surface area contributed by atoms with E-state index in [-0.39, 0.29) is 11.7 Å². The van der Waals surface area contributed by atoms with E-state index < -0.39 is 0 Å². The molecule has 2 fully saturated rings. The van der Waals surface area contributed by atoms with Crippen molar-refractivity contribution >= 4 is 6.09 Å². The lowest BCUT2D eigenvalue weighted by Gasteiger charge is -2.31. The minimum atomic E-state index is -0.375. The molecule has 3 nitrogen and oxygen atoms in total. The minimum absolute atomic E-state index is 0.105. The van der Waals surface area contributed by atoms with Crippen LogP contribution in [0.5, 0.6) is 0 Å². The summed E-state index contributed by atoms with van der Waals surface area (Å²) >= 11 is 0. The van der Waals surface area contributed by atoms with Crippen LogP contribution in [0.1, 0.15) is 59.3 Å². The van der Waals surface area contributed by atoms with Crippen molar-refractivity contribution in [2.75, 3.05) is 6.54 Å². The number of carbonyl (C=O) groups excluding carboxylic acids is 1. The summed E-state index contributed by atoms with van der Waals surface area (Å²) in [5, 5.41) is 0. The van der Waals surface area contributed by atoms with Gasteiger partial charge in [-0.05, 0) is 52.4 Å². The summed E-state index contributed by atoms with van der Waals surface area (Å²) in [6, 6.07) is 0.451. The average molecular weight is 239 g/mol. The topological polar surface area (TPSA) is 29.5 Å². The highest BCUT2D eigenvalue weighted by atomic mass is 16.6. The summed E-state index contributed by atoms with van der Waals surface area (Å²) in [7, 11) is 0. The van der Waals surface area contributed by atoms with Crippen molar-refractivity contribution in [1.29, 1.82) is 0 Å². The third kappa shape index (κ3) is 3.14. The molecule has 1 amide bonds. The molecule has 0 radical (unpaired) electrons. The second-order valence-electron chi connectivity index (χ2n) is 6.43. The molecule has 1 heterocycles. The molecule has 17 heavy (non-hydrogen) atoms. The first-order chi connectivity index (χ1) is 7.97. The number of hydrogen-bond acceptors (Lipinski definition) is 2. The molecule has 98 valence electrons. The number of hydrogen-bond donors (Lipinski definition) is 0. The van der Waals surface area contributed by atoms with E-state index in [2.05, 4.69) is 0 Å². The Kier molecular flexibility index (Phi) is 3.64. The molecular formula is C14H25NO2. The molecular weight excluding hydrogens is 214 g/mol. The van der Waals surface area contributed by atoms with Crippen molar-refractivity contribution < 1.29 is 9.53 Å². The van der Waals surface area contributed by atoms with E-state index in [0.717, 1.165) is 18.9 Å². The van der Waals surface area contributed by atoms with Gasteiger partial charge in [0.25, 0.3) is 0 Å². The second kappa shape index (κ2) is 4.87. The number of ether oxygens (including phenoxy) is 1. The highest BCUT2D eigenvalue weighted by molar-refractivity contribution is 5.69. The molecule has 0 aromatic heterocycles. The molecule has 0 spiro atoms. The second-order valence-corrected chi connectivity index (χ2v) is 6.43. The monoisotopic (exact) mass is 239 g/mol. The maximum absolute atomic E-state index is 12.1. The highest BCUT2D eigenvalue weighted by Gasteiger charge is 2.37. The van der Waals surface area contributed by atoms with Gasteiger partial charge in [0.05, 0.1) is 0 Å². The summed E-state index contributed by atoms with van der Waals surface area (Å²) in [6.07, 6.45) is 7.47. The summed E-state index contributed by atoms with van der Waals surface area (Å²) in [6.45, 7) is 6.69. The Hall–Kier alpha value is -0.730. The fourth-order valence-electron chi connectivity index (χ4n) is 3.17. The van der Waals surface area contributed by atoms with Crippen LogP contribution in [-0.4, -0.2) is 29.2 Å². The molecule has 0 bridgehead atoms. The Morgan fingerprint density at radius 1 is 1.12 bits per heavy atom. The first kappa shape index (κ1) is 12.7. The van der Waals surface area contributed by atoms with Gasteiger partial charge in [-0.3, -0.25) is 0 Å². The molecule has 1 atom stereocenters. The molecule has 0 unspecified atom stereocenters. The van der Waals surface area contributed by atoms with Crippen LogP contribution in [0.2, 0.25) is 0 Å². The fraction of sp³-hybridized carbons (Fsp3) is 0.929. The summed E-state index contributed by atoms with van der Waals surface area (Å²) in [4.78, 5) is 14.1. The van der Waals surface area contributed by atoms with Crippen LogP contribution < -0.4 is 0 Å². The fourth-order valence-corrected chi connectivity index (χ4v) is 3.17. The van der Waals surface area contributed by atoms with Gasteiger partial charge in [-0.15, -0.1) is 0 Å². The number of amides is 1. The van der Waals surface area contributed by atoms with Crippen LogP contribution in [0.3, 0.4) is 0 Å². The molecule has 0 N–H and O–H groups in total. The third-order valence-corrected chi connectivity index (χ3v) is 3.87. The van der Waals surface area contributed by atoms with E-state index in [9.17, 15) is 4.79 Å². The molecule has 1 aliphatic carbocycles. The third-order valence-electron chi connectivity index (χ3n) is 3.87. The smallest absolute Gasteiger partial charge is 0.410 e. The van der Waals surface area contributed by atoms with Crippen LogP contribution in [0.15, 0.2) is 0 Å². The maximum Gasteiger partial charge on any atom is 0.410 e. The number of rotatable bonds is 1. The SMILES string of the molecule is CC(C)(C)OC(=O)N1CCC[C@@H]1C1CCCC1. The van der Waals surface area contributed by atoms with Gasteiger partial charge >= 0.3 is 6.09 Å². The lowest BCUT2D eigenvalue weighted by molar-refractivity contribution is 0.0179. The van der Waals surface area contributed by atoms with Crippen LogP contribution in [0.4, 0.5) is 4.79 Å². The van der Waals surface area contributed by atoms with Crippen LogP contribution in [0, 0.1) is 5.92 Å². The zero-order valence-electron chi connectivity index (χ0n) is 11.4. The lowest BCUT2D eigenvalue weighted by atomic mass is 9.96. The van der Waals surface area contributed by atoms with Crippen molar-refractivity contribution in [3.63, 3.8) is 0 Å². The molecule has 0 aromatic carbocycles. The van der Waals surface area contributed by atoms with Crippen LogP contribution in [0.25, 0.3) is 0 Å². The normalized spacial score (nSPS) is 26.5. The van der Waals surface area contributed by atoms with Gasteiger partial charge in [-0.25, -0.2) is 4.79 Å². The maximum atomic E-state index is 12.1. The van der Waals surface area contributed by atoms with Gasteiger partial charge in [0.1, 0.15) is 5.60 Å². The van der Waals surface area contributed by atoms with Crippen molar-refractivity contribution in [3.05, 3.63) is 0 Å². The first-order valence-electron chi connectivity index (χ1n) is 6.97. The van der Waals surface area contributed by atoms with Crippen LogP contribution >= 0.6 is 0 Å². The van der Waals surface area contributed by atoms with E-state index in [1.54, 1.807) is 0 Å². The van der Waals surface area contributed by atoms with Gasteiger partial charge in [0.15, 0.2) is 0 Å². The minimum Gasteiger partial charge on any atom is -0.444 e. The van der Waals surface area contributed by atoms with Crippen molar-refractivity contribution in [3.8, 4) is 0 Å². The molecule has 1 aliphatic heterocycles.